The fourth-order valence-electron chi connectivity index (χ4n) is 2.25. The molecule has 2 atom stereocenters. The van der Waals surface area contributed by atoms with Crippen LogP contribution < -0.4 is 5.43 Å². The van der Waals surface area contributed by atoms with Crippen LogP contribution in [0, 0.1) is 5.92 Å². The molecule has 0 spiro atoms. The highest BCUT2D eigenvalue weighted by Gasteiger charge is 2.43. The summed E-state index contributed by atoms with van der Waals surface area (Å²) in [6, 6.07) is 9.99. The highest BCUT2D eigenvalue weighted by atomic mass is 16.5. The molecule has 1 fully saturated rings. The molecule has 1 N–H and O–H groups in total. The van der Waals surface area contributed by atoms with Crippen molar-refractivity contribution in [1.29, 1.82) is 0 Å². The summed E-state index contributed by atoms with van der Waals surface area (Å²) >= 11 is 0. The third kappa shape index (κ3) is 4.41. The van der Waals surface area contributed by atoms with Crippen LogP contribution >= 0.6 is 0 Å². The number of amides is 1. The van der Waals surface area contributed by atoms with E-state index in [1.54, 1.807) is 13.8 Å². The predicted octanol–water partition coefficient (Wildman–Crippen LogP) is 2.24. The molecule has 112 valence electrons. The third-order valence-corrected chi connectivity index (χ3v) is 3.42. The number of hydrazone groups is 1. The molecule has 5 nitrogen and oxygen atoms in total. The van der Waals surface area contributed by atoms with E-state index < -0.39 is 0 Å². The first-order valence-corrected chi connectivity index (χ1v) is 7.15. The lowest BCUT2D eigenvalue weighted by molar-refractivity contribution is -0.141. The first kappa shape index (κ1) is 15.2. The van der Waals surface area contributed by atoms with Crippen LogP contribution in [0.3, 0.4) is 0 Å². The SMILES string of the molecule is CCOC(=O)C/C(C)=N\NC(=O)[C@H]1C[C@@H]1c1ccccc1. The maximum absolute atomic E-state index is 12.0. The first-order valence-electron chi connectivity index (χ1n) is 7.15. The first-order chi connectivity index (χ1) is 10.1. The molecule has 0 saturated heterocycles. The van der Waals surface area contributed by atoms with Crippen LogP contribution in [0.1, 0.15) is 38.2 Å². The Labute approximate surface area is 124 Å². The van der Waals surface area contributed by atoms with Gasteiger partial charge >= 0.3 is 5.97 Å². The average Bonchev–Trinajstić information content (AvgIpc) is 3.26. The number of carbonyl (C=O) groups excluding carboxylic acids is 2. The summed E-state index contributed by atoms with van der Waals surface area (Å²) < 4.78 is 4.82. The second-order valence-corrected chi connectivity index (χ2v) is 5.16. The minimum Gasteiger partial charge on any atom is -0.466 e. The van der Waals surface area contributed by atoms with Crippen molar-refractivity contribution in [3.8, 4) is 0 Å². The van der Waals surface area contributed by atoms with Gasteiger partial charge in [-0.1, -0.05) is 30.3 Å². The predicted molar refractivity (Wildman–Crippen MR) is 79.8 cm³/mol. The Bertz CT molecular complexity index is 540. The maximum atomic E-state index is 12.0. The minimum absolute atomic E-state index is 0.0217. The molecule has 0 unspecified atom stereocenters. The maximum Gasteiger partial charge on any atom is 0.311 e. The molecule has 1 aliphatic rings. The van der Waals surface area contributed by atoms with Crippen LogP contribution in [0.4, 0.5) is 0 Å². The quantitative estimate of drug-likeness (QED) is 0.496. The summed E-state index contributed by atoms with van der Waals surface area (Å²) in [5, 5.41) is 3.95. The van der Waals surface area contributed by atoms with Gasteiger partial charge in [-0.2, -0.15) is 5.10 Å². The van der Waals surface area contributed by atoms with Crippen LogP contribution in [0.2, 0.25) is 0 Å². The molecule has 0 heterocycles. The molecule has 5 heteroatoms. The second kappa shape index (κ2) is 7.02. The van der Waals surface area contributed by atoms with Gasteiger partial charge in [0.2, 0.25) is 5.91 Å². The van der Waals surface area contributed by atoms with Crippen molar-refractivity contribution in [1.82, 2.24) is 5.43 Å². The zero-order valence-electron chi connectivity index (χ0n) is 12.3. The third-order valence-electron chi connectivity index (χ3n) is 3.42. The van der Waals surface area contributed by atoms with E-state index in [4.69, 9.17) is 4.74 Å². The zero-order valence-corrected chi connectivity index (χ0v) is 12.3. The lowest BCUT2D eigenvalue weighted by Gasteiger charge is -2.03. The summed E-state index contributed by atoms with van der Waals surface area (Å²) in [5.41, 5.74) is 4.26. The number of carbonyl (C=O) groups is 2. The molecule has 0 bridgehead atoms. The molecule has 21 heavy (non-hydrogen) atoms. The van der Waals surface area contributed by atoms with E-state index in [-0.39, 0.29) is 30.1 Å². The van der Waals surface area contributed by atoms with E-state index in [2.05, 4.69) is 10.5 Å². The van der Waals surface area contributed by atoms with E-state index in [9.17, 15) is 9.59 Å². The van der Waals surface area contributed by atoms with Gasteiger partial charge in [0.1, 0.15) is 0 Å². The number of esters is 1. The molecule has 1 amide bonds. The van der Waals surface area contributed by atoms with Crippen molar-refractivity contribution in [2.75, 3.05) is 6.61 Å². The Balaban J connectivity index is 1.80. The number of ether oxygens (including phenoxy) is 1. The second-order valence-electron chi connectivity index (χ2n) is 5.16. The van der Waals surface area contributed by atoms with E-state index in [1.807, 2.05) is 30.3 Å². The van der Waals surface area contributed by atoms with Crippen molar-refractivity contribution in [3.05, 3.63) is 35.9 Å². The zero-order chi connectivity index (χ0) is 15.2. The van der Waals surface area contributed by atoms with Gasteiger partial charge in [0.15, 0.2) is 0 Å². The van der Waals surface area contributed by atoms with Gasteiger partial charge in [-0.15, -0.1) is 0 Å². The molecular weight excluding hydrogens is 268 g/mol. The molecule has 0 aliphatic heterocycles. The van der Waals surface area contributed by atoms with Crippen LogP contribution in [-0.2, 0) is 14.3 Å². The Morgan fingerprint density at radius 2 is 2.05 bits per heavy atom. The van der Waals surface area contributed by atoms with Gasteiger partial charge in [-0.05, 0) is 31.7 Å². The van der Waals surface area contributed by atoms with E-state index in [1.165, 1.54) is 5.56 Å². The summed E-state index contributed by atoms with van der Waals surface area (Å²) in [5.74, 6) is -0.160. The summed E-state index contributed by atoms with van der Waals surface area (Å²) in [6.45, 7) is 3.79. The van der Waals surface area contributed by atoms with Crippen LogP contribution in [0.5, 0.6) is 0 Å². The van der Waals surface area contributed by atoms with Crippen molar-refractivity contribution in [2.24, 2.45) is 11.0 Å². The van der Waals surface area contributed by atoms with Crippen LogP contribution in [0.25, 0.3) is 0 Å². The molecule has 1 aromatic carbocycles. The Morgan fingerprint density at radius 1 is 1.33 bits per heavy atom. The topological polar surface area (TPSA) is 67.8 Å². The van der Waals surface area contributed by atoms with E-state index in [0.29, 0.717) is 12.3 Å². The highest BCUT2D eigenvalue weighted by Crippen LogP contribution is 2.47. The minimum atomic E-state index is -0.332. The van der Waals surface area contributed by atoms with Gasteiger partial charge in [-0.25, -0.2) is 5.43 Å². The fourth-order valence-corrected chi connectivity index (χ4v) is 2.25. The summed E-state index contributed by atoms with van der Waals surface area (Å²) in [7, 11) is 0. The molecule has 0 aromatic heterocycles. The van der Waals surface area contributed by atoms with Gasteiger partial charge in [0.05, 0.1) is 13.0 Å². The average molecular weight is 288 g/mol. The van der Waals surface area contributed by atoms with Crippen molar-refractivity contribution in [2.45, 2.75) is 32.6 Å². The van der Waals surface area contributed by atoms with Gasteiger partial charge in [-0.3, -0.25) is 9.59 Å². The van der Waals surface area contributed by atoms with Gasteiger partial charge < -0.3 is 4.74 Å². The summed E-state index contributed by atoms with van der Waals surface area (Å²) in [4.78, 5) is 23.2. The molecular formula is C16H20N2O3. The smallest absolute Gasteiger partial charge is 0.311 e. The Morgan fingerprint density at radius 3 is 2.71 bits per heavy atom. The van der Waals surface area contributed by atoms with Crippen LogP contribution in [0.15, 0.2) is 35.4 Å². The lowest BCUT2D eigenvalue weighted by Crippen LogP contribution is -2.22. The molecule has 1 aliphatic carbocycles. The molecule has 1 aromatic rings. The Kier molecular flexibility index (Phi) is 5.09. The number of hydrogen-bond acceptors (Lipinski definition) is 4. The number of hydrogen-bond donors (Lipinski definition) is 1. The van der Waals surface area contributed by atoms with Crippen molar-refractivity contribution >= 4 is 17.6 Å². The monoisotopic (exact) mass is 288 g/mol. The van der Waals surface area contributed by atoms with E-state index in [0.717, 1.165) is 6.42 Å². The number of rotatable bonds is 6. The summed E-state index contributed by atoms with van der Waals surface area (Å²) in [6.07, 6.45) is 0.948. The van der Waals surface area contributed by atoms with Gasteiger partial charge in [0, 0.05) is 11.6 Å². The largest absolute Gasteiger partial charge is 0.466 e. The molecule has 1 saturated carbocycles. The Hall–Kier alpha value is -2.17. The van der Waals surface area contributed by atoms with Crippen LogP contribution in [-0.4, -0.2) is 24.2 Å². The highest BCUT2D eigenvalue weighted by molar-refractivity contribution is 5.98. The van der Waals surface area contributed by atoms with Crippen molar-refractivity contribution < 1.29 is 14.3 Å². The lowest BCUT2D eigenvalue weighted by atomic mass is 10.1. The number of benzene rings is 1. The van der Waals surface area contributed by atoms with Gasteiger partial charge in [0.25, 0.3) is 0 Å². The molecule has 2 rings (SSSR count). The number of nitrogens with one attached hydrogen (secondary N) is 1. The standard InChI is InChI=1S/C16H20N2O3/c1-3-21-15(19)9-11(2)17-18-16(20)14-10-13(14)12-7-5-4-6-8-12/h4-8,13-14H,3,9-10H2,1-2H3,(H,18,20)/b17-11-/t13-,14+/m1/s1. The van der Waals surface area contributed by atoms with Crippen molar-refractivity contribution in [3.63, 3.8) is 0 Å². The normalized spacial score (nSPS) is 20.8. The fraction of sp³-hybridized carbons (Fsp3) is 0.438. The molecule has 0 radical (unpaired) electrons. The van der Waals surface area contributed by atoms with E-state index >= 15 is 0 Å². The number of nitrogens with zero attached hydrogens (tertiary/aromatic N) is 1.